The highest BCUT2D eigenvalue weighted by molar-refractivity contribution is 6.45. The lowest BCUT2D eigenvalue weighted by molar-refractivity contribution is -0.126. The van der Waals surface area contributed by atoms with E-state index < -0.39 is 60.7 Å². The van der Waals surface area contributed by atoms with E-state index in [4.69, 9.17) is 18.9 Å². The second-order valence-electron chi connectivity index (χ2n) is 23.5. The molecule has 2 unspecified atom stereocenters. The molecule has 0 fully saturated rings. The first kappa shape index (κ1) is 59.9. The molecule has 13 rings (SSSR count). The molecule has 0 spiro atoms. The molecule has 4 heterocycles. The maximum absolute atomic E-state index is 16.2. The lowest BCUT2D eigenvalue weighted by Crippen LogP contribution is -2.49. The third-order valence-electron chi connectivity index (χ3n) is 16.9. The number of pyridine rings is 2. The van der Waals surface area contributed by atoms with Gasteiger partial charge in [0.25, 0.3) is 23.6 Å². The Morgan fingerprint density at radius 3 is 0.902 bits per heavy atom. The highest BCUT2D eigenvalue weighted by atomic mass is 16.5. The molecule has 18 heteroatoms. The lowest BCUT2D eigenvalue weighted by atomic mass is 9.80. The van der Waals surface area contributed by atoms with Gasteiger partial charge in [-0.2, -0.15) is 0 Å². The van der Waals surface area contributed by atoms with E-state index in [1.54, 1.807) is 48.5 Å². The van der Waals surface area contributed by atoms with Crippen molar-refractivity contribution in [3.63, 3.8) is 0 Å². The van der Waals surface area contributed by atoms with E-state index in [9.17, 15) is 19.8 Å². The molecule has 0 saturated carbocycles. The van der Waals surface area contributed by atoms with Crippen LogP contribution in [0.1, 0.15) is 109 Å². The van der Waals surface area contributed by atoms with Crippen LogP contribution in [0.3, 0.4) is 0 Å². The predicted molar refractivity (Wildman–Crippen MR) is 347 cm³/mol. The van der Waals surface area contributed by atoms with Crippen molar-refractivity contribution in [2.45, 2.75) is 67.5 Å². The molecule has 0 aliphatic carbocycles. The summed E-state index contributed by atoms with van der Waals surface area (Å²) in [6, 6.07) is 34.9. The second kappa shape index (κ2) is 23.7. The number of aryl methyl sites for hydroxylation is 8. The lowest BCUT2D eigenvalue weighted by Gasteiger charge is -2.35. The van der Waals surface area contributed by atoms with E-state index >= 15 is 19.2 Å². The average molecular weight is 1230 g/mol. The van der Waals surface area contributed by atoms with Crippen LogP contribution in [0.2, 0.25) is 0 Å². The molecule has 2 atom stereocenters. The topological polar surface area (TPSA) is 236 Å². The fraction of sp³-hybridized carbons (Fsp3) is 0.189. The first-order valence-electron chi connectivity index (χ1n) is 30.1. The monoisotopic (exact) mass is 1230 g/mol. The van der Waals surface area contributed by atoms with Gasteiger partial charge in [-0.15, -0.1) is 0 Å². The summed E-state index contributed by atoms with van der Waals surface area (Å²) in [5.41, 5.74) is 6.47. The van der Waals surface area contributed by atoms with Crippen LogP contribution in [-0.4, -0.2) is 91.7 Å². The number of aliphatic hydroxyl groups excluding tert-OH is 2. The number of benzene rings is 9. The van der Waals surface area contributed by atoms with Gasteiger partial charge >= 0.3 is 0 Å². The van der Waals surface area contributed by atoms with Gasteiger partial charge in [0.05, 0.1) is 46.9 Å². The Morgan fingerprint density at radius 2 is 0.663 bits per heavy atom. The average Bonchev–Trinajstić information content (AvgIpc) is 0.672. The van der Waals surface area contributed by atoms with Gasteiger partial charge in [-0.25, -0.2) is 0 Å². The first-order chi connectivity index (χ1) is 44.3. The summed E-state index contributed by atoms with van der Waals surface area (Å²) < 4.78 is 29.1. The molecule has 460 valence electrons. The fourth-order valence-electron chi connectivity index (χ4n) is 12.9. The Balaban J connectivity index is 1.25. The second-order valence-corrected chi connectivity index (χ2v) is 23.5. The molecular weight excluding hydrogens is 1160 g/mol. The molecule has 4 N–H and O–H groups in total. The summed E-state index contributed by atoms with van der Waals surface area (Å²) in [6.45, 7) is 14.0. The van der Waals surface area contributed by atoms with Crippen LogP contribution in [0, 0.1) is 55.4 Å². The van der Waals surface area contributed by atoms with Gasteiger partial charge in [-0.1, -0.05) is 82.9 Å². The summed E-state index contributed by atoms with van der Waals surface area (Å²) in [5, 5.41) is 27.1. The number of aromatic nitrogens is 2. The van der Waals surface area contributed by atoms with E-state index in [1.165, 1.54) is 48.8 Å². The molecule has 2 aliphatic heterocycles. The minimum atomic E-state index is -1.66. The summed E-state index contributed by atoms with van der Waals surface area (Å²) in [4.78, 5) is 105. The van der Waals surface area contributed by atoms with Crippen LogP contribution in [0.5, 0.6) is 46.0 Å². The summed E-state index contributed by atoms with van der Waals surface area (Å²) in [5.74, 6) is -3.43. The zero-order valence-electron chi connectivity index (χ0n) is 51.6. The van der Waals surface area contributed by atoms with Gasteiger partial charge in [-0.3, -0.25) is 48.5 Å². The Kier molecular flexibility index (Phi) is 15.4. The zero-order valence-corrected chi connectivity index (χ0v) is 51.6. The van der Waals surface area contributed by atoms with Gasteiger partial charge in [-0.05, 0) is 150 Å². The summed E-state index contributed by atoms with van der Waals surface area (Å²) in [6.07, 6.45) is 2.89. The quantitative estimate of drug-likeness (QED) is 0.0355. The van der Waals surface area contributed by atoms with E-state index in [1.807, 2.05) is 104 Å². The molecule has 92 heavy (non-hydrogen) atoms. The first-order valence-corrected chi connectivity index (χ1v) is 30.1. The van der Waals surface area contributed by atoms with Crippen molar-refractivity contribution >= 4 is 78.5 Å². The summed E-state index contributed by atoms with van der Waals surface area (Å²) in [7, 11) is 0. The molecule has 9 aromatic carbocycles. The molecule has 18 nitrogen and oxygen atoms in total. The Hall–Kier alpha value is -11.1. The minimum Gasteiger partial charge on any atom is -0.456 e. The highest BCUT2D eigenvalue weighted by Gasteiger charge is 2.47. The van der Waals surface area contributed by atoms with Crippen LogP contribution in [0.15, 0.2) is 146 Å². The predicted octanol–water partition coefficient (Wildman–Crippen LogP) is 13.1. The third kappa shape index (κ3) is 10.2. The number of carbonyl (C=O) groups is 6. The SMILES string of the molecule is Cc1ccc(Oc2cc3c4c(cc(Oc5ccc(C)cc5C)c5c6c(Oc7ccc(C)cc7C)cc7c8c(cc(Oc9ccc(C)cc9C)c(c2c45)c86)C(=O)N(C(C(=O)NCCO)c2ccccn2)C7=O)C(=O)N(C(C(=O)NCCO)c2ccccn2)C3=O)c(C)c1. The van der Waals surface area contributed by atoms with E-state index in [-0.39, 0.29) is 113 Å². The standard InChI is InChI=1S/C74H62N6O12/c1-37-15-19-51(41(5)29-37)89-55-33-45-59-46(72(86)79(71(45)85)67(69(83)77-25-27-81)49-13-9-11-23-75-49)35-57(91-53-21-17-39(3)31-43(53)7)63-64-58(92-54-22-18-40(4)32-44(54)8)36-48-60-47(73(87)80(74(48)88)68(70(84)78-26-28-82)50-14-10-12-24-76-50)34-56(62(66(60)64)61(55)65(59)63)90-52-20-16-38(2)30-42(52)6/h9-24,29-36,67-68,81-82H,25-28H2,1-8H3,(H,77,83)(H,78,84). The molecule has 2 aromatic heterocycles. The number of amides is 6. The number of ether oxygens (including phenoxy) is 4. The van der Waals surface area contributed by atoms with E-state index in [2.05, 4.69) is 20.6 Å². The molecular formula is C74H62N6O12. The van der Waals surface area contributed by atoms with E-state index in [0.29, 0.717) is 45.3 Å². The Morgan fingerprint density at radius 1 is 0.380 bits per heavy atom. The van der Waals surface area contributed by atoms with Gasteiger partial charge in [0, 0.05) is 68.6 Å². The third-order valence-corrected chi connectivity index (χ3v) is 16.9. The number of imide groups is 2. The fourth-order valence-corrected chi connectivity index (χ4v) is 12.9. The van der Waals surface area contributed by atoms with Crippen LogP contribution in [0.4, 0.5) is 0 Å². The van der Waals surface area contributed by atoms with Crippen LogP contribution >= 0.6 is 0 Å². The van der Waals surface area contributed by atoms with Crippen LogP contribution < -0.4 is 29.6 Å². The molecule has 0 radical (unpaired) electrons. The smallest absolute Gasteiger partial charge is 0.262 e. The van der Waals surface area contributed by atoms with Crippen LogP contribution in [-0.2, 0) is 9.59 Å². The molecule has 2 aliphatic rings. The van der Waals surface area contributed by atoms with Crippen molar-refractivity contribution in [1.82, 2.24) is 30.4 Å². The number of fused-ring (bicyclic) bond motifs is 2. The van der Waals surface area contributed by atoms with Crippen molar-refractivity contribution in [2.75, 3.05) is 26.3 Å². The van der Waals surface area contributed by atoms with Crippen molar-refractivity contribution in [3.05, 3.63) is 224 Å². The van der Waals surface area contributed by atoms with Gasteiger partial charge in [0.2, 0.25) is 11.8 Å². The maximum Gasteiger partial charge on any atom is 0.262 e. The largest absolute Gasteiger partial charge is 0.456 e. The maximum atomic E-state index is 16.2. The van der Waals surface area contributed by atoms with Gasteiger partial charge in [0.15, 0.2) is 12.1 Å². The van der Waals surface area contributed by atoms with Crippen molar-refractivity contribution < 1.29 is 57.9 Å². The zero-order chi connectivity index (χ0) is 64.5. The Labute approximate surface area is 528 Å². The Bertz CT molecular complexity index is 4390. The number of aliphatic hydroxyl groups is 2. The van der Waals surface area contributed by atoms with Crippen molar-refractivity contribution in [2.24, 2.45) is 0 Å². The van der Waals surface area contributed by atoms with Crippen molar-refractivity contribution in [3.8, 4) is 46.0 Å². The number of nitrogens with zero attached hydrogens (tertiary/aromatic N) is 4. The van der Waals surface area contributed by atoms with Gasteiger partial charge in [0.1, 0.15) is 46.0 Å². The normalized spacial score (nSPS) is 13.5. The number of rotatable bonds is 18. The molecule has 11 aromatic rings. The molecule has 0 saturated heterocycles. The number of hydrogen-bond donors (Lipinski definition) is 4. The number of hydrogen-bond acceptors (Lipinski definition) is 14. The summed E-state index contributed by atoms with van der Waals surface area (Å²) >= 11 is 0. The van der Waals surface area contributed by atoms with E-state index in [0.717, 1.165) is 32.1 Å². The van der Waals surface area contributed by atoms with Crippen LogP contribution in [0.25, 0.3) is 43.1 Å². The molecule has 6 amide bonds. The van der Waals surface area contributed by atoms with Gasteiger partial charge < -0.3 is 39.8 Å². The van der Waals surface area contributed by atoms with Crippen molar-refractivity contribution in [1.29, 1.82) is 0 Å². The molecule has 0 bridgehead atoms. The minimum absolute atomic E-state index is 0.0524. The number of carbonyl (C=O) groups excluding carboxylic acids is 6. The number of nitrogens with one attached hydrogen (secondary N) is 2. The highest BCUT2D eigenvalue weighted by Crippen LogP contribution is 2.59.